The minimum Gasteiger partial charge on any atom is -0.444 e. The van der Waals surface area contributed by atoms with Crippen molar-refractivity contribution < 1.29 is 14.6 Å². The van der Waals surface area contributed by atoms with Crippen molar-refractivity contribution >= 4 is 6.09 Å². The number of carbonyl (C=O) groups excluding carboxylic acids is 1. The molecule has 0 spiro atoms. The minimum absolute atomic E-state index is 0.480. The van der Waals surface area contributed by atoms with Gasteiger partial charge in [0, 0.05) is 0 Å². The van der Waals surface area contributed by atoms with E-state index in [0.717, 1.165) is 6.42 Å². The molecule has 2 unspecified atom stereocenters. The van der Waals surface area contributed by atoms with Crippen LogP contribution >= 0.6 is 0 Å². The van der Waals surface area contributed by atoms with Gasteiger partial charge in [-0.2, -0.15) is 5.26 Å². The third-order valence-corrected chi connectivity index (χ3v) is 3.05. The predicted octanol–water partition coefficient (Wildman–Crippen LogP) is 1.81. The van der Waals surface area contributed by atoms with Crippen LogP contribution in [0.25, 0.3) is 0 Å². The molecule has 0 aromatic rings. The summed E-state index contributed by atoms with van der Waals surface area (Å²) < 4.78 is 5.12. The molecule has 0 heterocycles. The highest BCUT2D eigenvalue weighted by atomic mass is 16.6. The maximum atomic E-state index is 11.6. The zero-order valence-corrected chi connectivity index (χ0v) is 11.4. The second-order valence-electron chi connectivity index (χ2n) is 6.04. The fourth-order valence-electron chi connectivity index (χ4n) is 1.87. The zero-order chi connectivity index (χ0) is 13.9. The molecule has 0 saturated heterocycles. The van der Waals surface area contributed by atoms with E-state index >= 15 is 0 Å². The Morgan fingerprint density at radius 1 is 1.61 bits per heavy atom. The normalized spacial score (nSPS) is 25.8. The lowest BCUT2D eigenvalue weighted by molar-refractivity contribution is 0.0449. The molecular formula is C13H22N2O3. The second kappa shape index (κ2) is 5.57. The number of aliphatic hydroxyl groups is 1. The van der Waals surface area contributed by atoms with Crippen LogP contribution < -0.4 is 5.32 Å². The number of alkyl carbamates (subject to hydrolysis) is 1. The van der Waals surface area contributed by atoms with Crippen molar-refractivity contribution in [2.45, 2.75) is 58.3 Å². The van der Waals surface area contributed by atoms with E-state index in [4.69, 9.17) is 10.00 Å². The lowest BCUT2D eigenvalue weighted by Gasteiger charge is -2.24. The number of carbonyl (C=O) groups is 1. The number of nitriles is 1. The summed E-state index contributed by atoms with van der Waals surface area (Å²) in [5.74, 6) is 1.09. The lowest BCUT2D eigenvalue weighted by Crippen LogP contribution is -2.45. The van der Waals surface area contributed by atoms with Gasteiger partial charge in [0.1, 0.15) is 5.60 Å². The molecule has 2 N–H and O–H groups in total. The molecule has 0 radical (unpaired) electrons. The summed E-state index contributed by atoms with van der Waals surface area (Å²) in [6, 6.07) is 1.21. The molecule has 18 heavy (non-hydrogen) atoms. The zero-order valence-electron chi connectivity index (χ0n) is 11.4. The first kappa shape index (κ1) is 14.8. The first-order chi connectivity index (χ1) is 8.23. The van der Waals surface area contributed by atoms with Crippen LogP contribution in [-0.4, -0.2) is 28.9 Å². The van der Waals surface area contributed by atoms with E-state index in [0.29, 0.717) is 18.3 Å². The largest absolute Gasteiger partial charge is 0.444 e. The molecule has 0 aromatic carbocycles. The van der Waals surface area contributed by atoms with Crippen molar-refractivity contribution in [1.82, 2.24) is 5.32 Å². The van der Waals surface area contributed by atoms with Crippen molar-refractivity contribution in [3.63, 3.8) is 0 Å². The van der Waals surface area contributed by atoms with E-state index in [1.165, 1.54) is 0 Å². The Bertz CT molecular complexity index is 343. The highest BCUT2D eigenvalue weighted by Gasteiger charge is 2.37. The number of hydrogen-bond acceptors (Lipinski definition) is 4. The van der Waals surface area contributed by atoms with E-state index in [9.17, 15) is 9.90 Å². The minimum atomic E-state index is -1.19. The van der Waals surface area contributed by atoms with Gasteiger partial charge in [0.25, 0.3) is 0 Å². The van der Waals surface area contributed by atoms with Crippen LogP contribution in [0.2, 0.25) is 0 Å². The summed E-state index contributed by atoms with van der Waals surface area (Å²) >= 11 is 0. The summed E-state index contributed by atoms with van der Waals surface area (Å²) in [5.41, 5.74) is -0.584. The van der Waals surface area contributed by atoms with Crippen molar-refractivity contribution in [3.8, 4) is 6.07 Å². The molecule has 1 amide bonds. The van der Waals surface area contributed by atoms with Gasteiger partial charge in [-0.3, -0.25) is 0 Å². The van der Waals surface area contributed by atoms with Gasteiger partial charge in [-0.25, -0.2) is 4.79 Å². The van der Waals surface area contributed by atoms with E-state index < -0.39 is 23.8 Å². The lowest BCUT2D eigenvalue weighted by atomic mass is 10.0. The Balaban J connectivity index is 2.50. The Labute approximate surface area is 108 Å². The summed E-state index contributed by atoms with van der Waals surface area (Å²) in [4.78, 5) is 11.6. The summed E-state index contributed by atoms with van der Waals surface area (Å²) in [6.45, 7) is 7.43. The van der Waals surface area contributed by atoms with E-state index in [1.807, 2.05) is 0 Å². The summed E-state index contributed by atoms with van der Waals surface area (Å²) in [7, 11) is 0. The first-order valence-electron chi connectivity index (χ1n) is 6.30. The third kappa shape index (κ3) is 4.92. The topological polar surface area (TPSA) is 82.3 Å². The fourth-order valence-corrected chi connectivity index (χ4v) is 1.87. The molecule has 1 fully saturated rings. The number of rotatable bonds is 4. The van der Waals surface area contributed by atoms with Gasteiger partial charge in [0.05, 0.1) is 12.1 Å². The Morgan fingerprint density at radius 3 is 2.56 bits per heavy atom. The molecule has 1 rings (SSSR count). The van der Waals surface area contributed by atoms with Crippen LogP contribution in [0.5, 0.6) is 0 Å². The highest BCUT2D eigenvalue weighted by molar-refractivity contribution is 5.68. The second-order valence-corrected chi connectivity index (χ2v) is 6.04. The smallest absolute Gasteiger partial charge is 0.407 e. The van der Waals surface area contributed by atoms with Crippen LogP contribution in [0.15, 0.2) is 0 Å². The van der Waals surface area contributed by atoms with Crippen LogP contribution in [0.3, 0.4) is 0 Å². The summed E-state index contributed by atoms with van der Waals surface area (Å²) in [6.07, 6.45) is -0.0693. The molecule has 0 aromatic heterocycles. The van der Waals surface area contributed by atoms with Crippen LogP contribution in [0.1, 0.15) is 40.5 Å². The van der Waals surface area contributed by atoms with Gasteiger partial charge in [-0.15, -0.1) is 0 Å². The fraction of sp³-hybridized carbons (Fsp3) is 0.846. The predicted molar refractivity (Wildman–Crippen MR) is 66.7 cm³/mol. The van der Waals surface area contributed by atoms with Crippen molar-refractivity contribution in [2.24, 2.45) is 11.8 Å². The van der Waals surface area contributed by atoms with E-state index in [2.05, 4.69) is 12.2 Å². The molecule has 4 atom stereocenters. The molecule has 102 valence electrons. The van der Waals surface area contributed by atoms with Gasteiger partial charge in [0.2, 0.25) is 0 Å². The van der Waals surface area contributed by atoms with Crippen LogP contribution in [-0.2, 0) is 4.74 Å². The summed E-state index contributed by atoms with van der Waals surface area (Å²) in [5, 5.41) is 20.9. The van der Waals surface area contributed by atoms with Gasteiger partial charge < -0.3 is 15.2 Å². The van der Waals surface area contributed by atoms with Crippen LogP contribution in [0, 0.1) is 23.2 Å². The van der Waals surface area contributed by atoms with Gasteiger partial charge >= 0.3 is 6.09 Å². The maximum Gasteiger partial charge on any atom is 0.407 e. The molecule has 0 bridgehead atoms. The van der Waals surface area contributed by atoms with E-state index in [-0.39, 0.29) is 0 Å². The average Bonchev–Trinajstić information content (AvgIpc) is 2.89. The number of nitrogens with zero attached hydrogens (tertiary/aromatic N) is 1. The van der Waals surface area contributed by atoms with E-state index in [1.54, 1.807) is 26.8 Å². The molecule has 1 saturated carbocycles. The third-order valence-electron chi connectivity index (χ3n) is 3.05. The molecule has 1 aliphatic rings. The SMILES string of the molecule is C[C@H]1C[C@@H]1CC(NC(=O)OC(C)(C)C)C(O)C#N. The number of ether oxygens (including phenoxy) is 1. The first-order valence-corrected chi connectivity index (χ1v) is 6.30. The number of nitrogens with one attached hydrogen (secondary N) is 1. The maximum absolute atomic E-state index is 11.6. The number of amides is 1. The van der Waals surface area contributed by atoms with Crippen molar-refractivity contribution in [1.29, 1.82) is 5.26 Å². The number of hydrogen-bond donors (Lipinski definition) is 2. The monoisotopic (exact) mass is 254 g/mol. The Hall–Kier alpha value is -1.28. The van der Waals surface area contributed by atoms with Crippen molar-refractivity contribution in [3.05, 3.63) is 0 Å². The van der Waals surface area contributed by atoms with Crippen molar-refractivity contribution in [2.75, 3.05) is 0 Å². The van der Waals surface area contributed by atoms with Gasteiger partial charge in [0.15, 0.2) is 6.10 Å². The Kier molecular flexibility index (Phi) is 4.58. The van der Waals surface area contributed by atoms with Gasteiger partial charge in [-0.1, -0.05) is 6.92 Å². The average molecular weight is 254 g/mol. The molecule has 1 aliphatic carbocycles. The van der Waals surface area contributed by atoms with Gasteiger partial charge in [-0.05, 0) is 45.4 Å². The highest BCUT2D eigenvalue weighted by Crippen LogP contribution is 2.41. The number of aliphatic hydroxyl groups excluding tert-OH is 1. The molecular weight excluding hydrogens is 232 g/mol. The Morgan fingerprint density at radius 2 is 2.17 bits per heavy atom. The molecule has 5 heteroatoms. The molecule has 5 nitrogen and oxygen atoms in total. The quantitative estimate of drug-likeness (QED) is 0.749. The standard InChI is InChI=1S/C13H22N2O3/c1-8-5-9(8)6-10(11(16)7-14)15-12(17)18-13(2,3)4/h8-11,16H,5-6H2,1-4H3,(H,15,17)/t8-,9+,10?,11?/m0/s1. The molecule has 0 aliphatic heterocycles. The van der Waals surface area contributed by atoms with Crippen LogP contribution in [0.4, 0.5) is 4.79 Å².